The Morgan fingerprint density at radius 1 is 1.25 bits per heavy atom. The van der Waals surface area contributed by atoms with E-state index in [1.165, 1.54) is 18.2 Å². The second kappa shape index (κ2) is 8.42. The van der Waals surface area contributed by atoms with Gasteiger partial charge in [-0.25, -0.2) is 0 Å². The van der Waals surface area contributed by atoms with Gasteiger partial charge in [0.2, 0.25) is 0 Å². The van der Waals surface area contributed by atoms with Gasteiger partial charge in [-0.05, 0) is 40.2 Å². The number of methoxy groups -OCH3 is 1. The maximum Gasteiger partial charge on any atom is 0.284 e. The highest BCUT2D eigenvalue weighted by Gasteiger charge is 2.16. The average molecular weight is 395 g/mol. The maximum absolute atomic E-state index is 12.3. The number of ether oxygens (including phenoxy) is 2. The Morgan fingerprint density at radius 3 is 2.75 bits per heavy atom. The van der Waals surface area contributed by atoms with E-state index in [1.807, 2.05) is 0 Å². The lowest BCUT2D eigenvalue weighted by Gasteiger charge is -2.09. The second-order valence-electron chi connectivity index (χ2n) is 4.75. The van der Waals surface area contributed by atoms with Crippen LogP contribution in [0.2, 0.25) is 0 Å². The third-order valence-corrected chi connectivity index (χ3v) is 3.72. The predicted molar refractivity (Wildman–Crippen MR) is 92.6 cm³/mol. The van der Waals surface area contributed by atoms with Crippen LogP contribution in [0.5, 0.6) is 5.75 Å². The molecule has 2 aromatic carbocycles. The summed E-state index contributed by atoms with van der Waals surface area (Å²) in [5, 5.41) is 13.6. The van der Waals surface area contributed by atoms with Gasteiger partial charge in [-0.2, -0.15) is 0 Å². The molecule has 7 nitrogen and oxygen atoms in total. The molecule has 2 aromatic rings. The van der Waals surface area contributed by atoms with Crippen molar-refractivity contribution in [3.63, 3.8) is 0 Å². The van der Waals surface area contributed by atoms with Crippen molar-refractivity contribution in [2.24, 2.45) is 0 Å². The second-order valence-corrected chi connectivity index (χ2v) is 5.60. The van der Waals surface area contributed by atoms with E-state index in [0.29, 0.717) is 29.1 Å². The largest absolute Gasteiger partial charge is 0.491 e. The number of nitrogens with zero attached hydrogens (tertiary/aromatic N) is 1. The van der Waals surface area contributed by atoms with Crippen molar-refractivity contribution in [2.75, 3.05) is 25.6 Å². The van der Waals surface area contributed by atoms with Crippen molar-refractivity contribution in [1.29, 1.82) is 0 Å². The van der Waals surface area contributed by atoms with Crippen LogP contribution in [0.4, 0.5) is 11.4 Å². The van der Waals surface area contributed by atoms with Crippen LogP contribution < -0.4 is 10.1 Å². The summed E-state index contributed by atoms with van der Waals surface area (Å²) in [5.74, 6) is 0.145. The molecule has 0 saturated carbocycles. The fraction of sp³-hybridized carbons (Fsp3) is 0.188. The van der Waals surface area contributed by atoms with Crippen LogP contribution in [0.15, 0.2) is 46.9 Å². The van der Waals surface area contributed by atoms with E-state index in [4.69, 9.17) is 9.47 Å². The van der Waals surface area contributed by atoms with Gasteiger partial charge in [0, 0.05) is 30.5 Å². The molecule has 0 saturated heterocycles. The van der Waals surface area contributed by atoms with Crippen molar-refractivity contribution >= 4 is 33.2 Å². The van der Waals surface area contributed by atoms with E-state index < -0.39 is 10.8 Å². The van der Waals surface area contributed by atoms with Crippen LogP contribution in [0, 0.1) is 10.1 Å². The number of anilines is 1. The molecule has 0 aromatic heterocycles. The van der Waals surface area contributed by atoms with Gasteiger partial charge >= 0.3 is 0 Å². The van der Waals surface area contributed by atoms with Crippen LogP contribution in [-0.4, -0.2) is 31.2 Å². The number of amides is 1. The molecule has 0 unspecified atom stereocenters. The minimum atomic E-state index is -0.550. The Hall–Kier alpha value is -2.45. The topological polar surface area (TPSA) is 90.7 Å². The molecule has 8 heteroatoms. The summed E-state index contributed by atoms with van der Waals surface area (Å²) in [6.07, 6.45) is 0. The van der Waals surface area contributed by atoms with Gasteiger partial charge < -0.3 is 14.8 Å². The minimum absolute atomic E-state index is 0.167. The molecule has 0 aliphatic rings. The van der Waals surface area contributed by atoms with Gasteiger partial charge in [-0.1, -0.05) is 6.07 Å². The summed E-state index contributed by atoms with van der Waals surface area (Å²) < 4.78 is 10.7. The number of hydrogen-bond donors (Lipinski definition) is 1. The fourth-order valence-electron chi connectivity index (χ4n) is 1.90. The molecule has 0 atom stereocenters. The fourth-order valence-corrected chi connectivity index (χ4v) is 2.29. The Kier molecular flexibility index (Phi) is 6.28. The third-order valence-electron chi connectivity index (χ3n) is 3.05. The number of nitrogens with one attached hydrogen (secondary N) is 1. The minimum Gasteiger partial charge on any atom is -0.491 e. The molecular formula is C16H15BrN2O5. The van der Waals surface area contributed by atoms with Crippen LogP contribution in [-0.2, 0) is 4.74 Å². The Balaban J connectivity index is 2.11. The first-order valence-electron chi connectivity index (χ1n) is 6.98. The zero-order valence-corrected chi connectivity index (χ0v) is 14.4. The van der Waals surface area contributed by atoms with Crippen LogP contribution >= 0.6 is 15.9 Å². The highest BCUT2D eigenvalue weighted by atomic mass is 79.9. The number of rotatable bonds is 7. The number of carbonyl (C=O) groups is 1. The molecule has 0 radical (unpaired) electrons. The number of hydrogen-bond acceptors (Lipinski definition) is 5. The van der Waals surface area contributed by atoms with Crippen LogP contribution in [0.1, 0.15) is 10.4 Å². The highest BCUT2D eigenvalue weighted by molar-refractivity contribution is 9.10. The summed E-state index contributed by atoms with van der Waals surface area (Å²) in [6, 6.07) is 11.1. The van der Waals surface area contributed by atoms with E-state index >= 15 is 0 Å². The van der Waals surface area contributed by atoms with Crippen molar-refractivity contribution in [3.8, 4) is 5.75 Å². The first kappa shape index (κ1) is 17.9. The normalized spacial score (nSPS) is 10.2. The number of halogens is 1. The molecule has 0 heterocycles. The summed E-state index contributed by atoms with van der Waals surface area (Å²) in [7, 11) is 1.58. The Bertz CT molecular complexity index is 751. The predicted octanol–water partition coefficient (Wildman–Crippen LogP) is 3.63. The monoisotopic (exact) mass is 394 g/mol. The van der Waals surface area contributed by atoms with E-state index in [-0.39, 0.29) is 11.3 Å². The van der Waals surface area contributed by atoms with Crippen LogP contribution in [0.25, 0.3) is 0 Å². The molecule has 24 heavy (non-hydrogen) atoms. The average Bonchev–Trinajstić information content (AvgIpc) is 2.55. The smallest absolute Gasteiger partial charge is 0.284 e. The van der Waals surface area contributed by atoms with Crippen LogP contribution in [0.3, 0.4) is 0 Å². The molecule has 2 rings (SSSR count). The summed E-state index contributed by atoms with van der Waals surface area (Å²) in [5.41, 5.74) is 0.551. The highest BCUT2D eigenvalue weighted by Crippen LogP contribution is 2.26. The van der Waals surface area contributed by atoms with Crippen molar-refractivity contribution in [3.05, 3.63) is 62.6 Å². The lowest BCUT2D eigenvalue weighted by atomic mass is 10.2. The first-order chi connectivity index (χ1) is 11.5. The van der Waals surface area contributed by atoms with Gasteiger partial charge in [-0.3, -0.25) is 14.9 Å². The molecular weight excluding hydrogens is 380 g/mol. The standard InChI is InChI=1S/C16H15BrN2O5/c1-23-7-8-24-13-4-2-3-12(10-13)18-16(20)11-5-6-14(17)15(9-11)19(21)22/h2-6,9-10H,7-8H2,1H3,(H,18,20). The van der Waals surface area contributed by atoms with E-state index in [1.54, 1.807) is 31.4 Å². The zero-order chi connectivity index (χ0) is 17.5. The van der Waals surface area contributed by atoms with Gasteiger partial charge in [0.05, 0.1) is 16.0 Å². The number of nitro benzene ring substituents is 1. The molecule has 0 spiro atoms. The Labute approximate surface area is 146 Å². The van der Waals surface area contributed by atoms with Crippen molar-refractivity contribution in [2.45, 2.75) is 0 Å². The molecule has 0 bridgehead atoms. The van der Waals surface area contributed by atoms with Gasteiger partial charge in [-0.15, -0.1) is 0 Å². The number of nitro groups is 1. The molecule has 0 aliphatic carbocycles. The zero-order valence-electron chi connectivity index (χ0n) is 12.8. The molecule has 1 amide bonds. The summed E-state index contributed by atoms with van der Waals surface area (Å²) in [6.45, 7) is 0.853. The lowest BCUT2D eigenvalue weighted by molar-refractivity contribution is -0.385. The molecule has 0 fully saturated rings. The van der Waals surface area contributed by atoms with Gasteiger partial charge in [0.1, 0.15) is 12.4 Å². The van der Waals surface area contributed by atoms with Gasteiger partial charge in [0.25, 0.3) is 11.6 Å². The van der Waals surface area contributed by atoms with Crippen molar-refractivity contribution in [1.82, 2.24) is 0 Å². The van der Waals surface area contributed by atoms with E-state index in [2.05, 4.69) is 21.2 Å². The SMILES string of the molecule is COCCOc1cccc(NC(=O)c2ccc(Br)c([N+](=O)[O-])c2)c1. The quantitative estimate of drug-likeness (QED) is 0.439. The van der Waals surface area contributed by atoms with Crippen molar-refractivity contribution < 1.29 is 19.2 Å². The number of benzene rings is 2. The molecule has 1 N–H and O–H groups in total. The first-order valence-corrected chi connectivity index (χ1v) is 7.77. The summed E-state index contributed by atoms with van der Waals surface area (Å²) in [4.78, 5) is 22.7. The van der Waals surface area contributed by atoms with E-state index in [0.717, 1.165) is 0 Å². The van der Waals surface area contributed by atoms with E-state index in [9.17, 15) is 14.9 Å². The lowest BCUT2D eigenvalue weighted by Crippen LogP contribution is -2.12. The number of carbonyl (C=O) groups excluding carboxylic acids is 1. The Morgan fingerprint density at radius 2 is 2.04 bits per heavy atom. The summed E-state index contributed by atoms with van der Waals surface area (Å²) >= 11 is 3.09. The maximum atomic E-state index is 12.3. The molecule has 126 valence electrons. The van der Waals surface area contributed by atoms with Gasteiger partial charge in [0.15, 0.2) is 0 Å². The third kappa shape index (κ3) is 4.77. The molecule has 0 aliphatic heterocycles.